The molecule has 0 N–H and O–H groups in total. The van der Waals surface area contributed by atoms with Crippen LogP contribution in [0.3, 0.4) is 0 Å². The number of para-hydroxylation sites is 1. The van der Waals surface area contributed by atoms with Crippen LogP contribution in [0.15, 0.2) is 69.9 Å². The predicted molar refractivity (Wildman–Crippen MR) is 86.5 cm³/mol. The molecular formula is C17H16N4O. The SMILES string of the molecule is CC1=NN(c2ccccc2)C(=O)C1N=Nc1cccc(C)c1. The van der Waals surface area contributed by atoms with Crippen molar-refractivity contribution in [1.82, 2.24) is 0 Å². The fourth-order valence-electron chi connectivity index (χ4n) is 2.26. The summed E-state index contributed by atoms with van der Waals surface area (Å²) < 4.78 is 0. The van der Waals surface area contributed by atoms with Crippen molar-refractivity contribution < 1.29 is 4.79 Å². The highest BCUT2D eigenvalue weighted by Gasteiger charge is 2.34. The van der Waals surface area contributed by atoms with E-state index in [0.717, 1.165) is 16.9 Å². The van der Waals surface area contributed by atoms with Crippen LogP contribution in [0.25, 0.3) is 0 Å². The van der Waals surface area contributed by atoms with E-state index in [2.05, 4.69) is 15.3 Å². The van der Waals surface area contributed by atoms with Crippen molar-refractivity contribution in [1.29, 1.82) is 0 Å². The smallest absolute Gasteiger partial charge is 0.269 e. The van der Waals surface area contributed by atoms with Crippen molar-refractivity contribution in [3.05, 3.63) is 60.2 Å². The Labute approximate surface area is 129 Å². The third-order valence-electron chi connectivity index (χ3n) is 3.39. The topological polar surface area (TPSA) is 57.4 Å². The van der Waals surface area contributed by atoms with Gasteiger partial charge in [0.1, 0.15) is 0 Å². The van der Waals surface area contributed by atoms with Crippen LogP contribution in [0.4, 0.5) is 11.4 Å². The minimum atomic E-state index is -0.652. The van der Waals surface area contributed by atoms with Crippen molar-refractivity contribution in [3.63, 3.8) is 0 Å². The number of amides is 1. The number of benzene rings is 2. The summed E-state index contributed by atoms with van der Waals surface area (Å²) in [7, 11) is 0. The van der Waals surface area contributed by atoms with Gasteiger partial charge in [0, 0.05) is 0 Å². The average molecular weight is 292 g/mol. The molecule has 0 spiro atoms. The molecule has 1 atom stereocenters. The highest BCUT2D eigenvalue weighted by Crippen LogP contribution is 2.23. The molecule has 1 amide bonds. The Morgan fingerprint density at radius 3 is 2.55 bits per heavy atom. The lowest BCUT2D eigenvalue weighted by atomic mass is 10.2. The molecule has 0 radical (unpaired) electrons. The number of carbonyl (C=O) groups excluding carboxylic acids is 1. The fraction of sp³-hybridized carbons (Fsp3) is 0.176. The van der Waals surface area contributed by atoms with Gasteiger partial charge in [0.05, 0.1) is 17.1 Å². The second-order valence-corrected chi connectivity index (χ2v) is 5.18. The van der Waals surface area contributed by atoms with E-state index in [9.17, 15) is 4.79 Å². The van der Waals surface area contributed by atoms with Crippen molar-refractivity contribution in [3.8, 4) is 0 Å². The van der Waals surface area contributed by atoms with E-state index in [4.69, 9.17) is 0 Å². The van der Waals surface area contributed by atoms with Crippen molar-refractivity contribution in [2.75, 3.05) is 5.01 Å². The van der Waals surface area contributed by atoms with Gasteiger partial charge < -0.3 is 0 Å². The maximum absolute atomic E-state index is 12.5. The summed E-state index contributed by atoms with van der Waals surface area (Å²) in [4.78, 5) is 12.5. The quantitative estimate of drug-likeness (QED) is 0.792. The number of nitrogens with zero attached hydrogens (tertiary/aromatic N) is 4. The first-order chi connectivity index (χ1) is 10.6. The van der Waals surface area contributed by atoms with Crippen LogP contribution in [0.5, 0.6) is 0 Å². The van der Waals surface area contributed by atoms with Crippen LogP contribution in [-0.4, -0.2) is 17.7 Å². The number of rotatable bonds is 3. The molecule has 0 saturated heterocycles. The minimum Gasteiger partial charge on any atom is -0.269 e. The highest BCUT2D eigenvalue weighted by atomic mass is 16.2. The Morgan fingerprint density at radius 2 is 1.82 bits per heavy atom. The van der Waals surface area contributed by atoms with Gasteiger partial charge in [-0.1, -0.05) is 30.3 Å². The van der Waals surface area contributed by atoms with E-state index >= 15 is 0 Å². The molecule has 0 bridgehead atoms. The highest BCUT2D eigenvalue weighted by molar-refractivity contribution is 6.18. The van der Waals surface area contributed by atoms with Gasteiger partial charge in [-0.2, -0.15) is 20.3 Å². The van der Waals surface area contributed by atoms with Gasteiger partial charge in [0.25, 0.3) is 5.91 Å². The lowest BCUT2D eigenvalue weighted by Crippen LogP contribution is -2.29. The zero-order valence-electron chi connectivity index (χ0n) is 12.5. The van der Waals surface area contributed by atoms with Crippen LogP contribution in [-0.2, 0) is 4.79 Å². The molecule has 0 saturated carbocycles. The Balaban J connectivity index is 1.82. The first-order valence-electron chi connectivity index (χ1n) is 7.07. The molecule has 2 aromatic carbocycles. The summed E-state index contributed by atoms with van der Waals surface area (Å²) in [5.74, 6) is -0.180. The summed E-state index contributed by atoms with van der Waals surface area (Å²) in [6, 6.07) is 16.4. The van der Waals surface area contributed by atoms with Crippen molar-refractivity contribution >= 4 is 23.0 Å². The Hall–Kier alpha value is -2.82. The lowest BCUT2D eigenvalue weighted by molar-refractivity contribution is -0.117. The number of aryl methyl sites for hydroxylation is 1. The molecule has 22 heavy (non-hydrogen) atoms. The molecule has 0 fully saturated rings. The van der Waals surface area contributed by atoms with Crippen molar-refractivity contribution in [2.24, 2.45) is 15.3 Å². The molecule has 1 unspecified atom stereocenters. The Morgan fingerprint density at radius 1 is 1.05 bits per heavy atom. The largest absolute Gasteiger partial charge is 0.280 e. The zero-order chi connectivity index (χ0) is 15.5. The normalized spacial score (nSPS) is 18.1. The second-order valence-electron chi connectivity index (χ2n) is 5.18. The minimum absolute atomic E-state index is 0.180. The summed E-state index contributed by atoms with van der Waals surface area (Å²) in [5, 5.41) is 14.0. The van der Waals surface area contributed by atoms with E-state index in [1.807, 2.05) is 61.5 Å². The van der Waals surface area contributed by atoms with Crippen LogP contribution >= 0.6 is 0 Å². The zero-order valence-corrected chi connectivity index (χ0v) is 12.5. The van der Waals surface area contributed by atoms with E-state index in [1.54, 1.807) is 6.92 Å². The van der Waals surface area contributed by atoms with Crippen LogP contribution < -0.4 is 5.01 Å². The number of hydrazone groups is 1. The lowest BCUT2D eigenvalue weighted by Gasteiger charge is -2.11. The monoisotopic (exact) mass is 292 g/mol. The van der Waals surface area contributed by atoms with Gasteiger partial charge in [-0.15, -0.1) is 0 Å². The molecule has 5 nitrogen and oxygen atoms in total. The number of hydrogen-bond acceptors (Lipinski definition) is 4. The van der Waals surface area contributed by atoms with E-state index in [0.29, 0.717) is 5.71 Å². The van der Waals surface area contributed by atoms with Gasteiger partial charge >= 0.3 is 0 Å². The number of anilines is 1. The summed E-state index contributed by atoms with van der Waals surface area (Å²) >= 11 is 0. The van der Waals surface area contributed by atoms with Gasteiger partial charge in [0.15, 0.2) is 6.04 Å². The third-order valence-corrected chi connectivity index (χ3v) is 3.39. The second kappa shape index (κ2) is 5.89. The summed E-state index contributed by atoms with van der Waals surface area (Å²) in [5.41, 5.74) is 3.22. The fourth-order valence-corrected chi connectivity index (χ4v) is 2.26. The van der Waals surface area contributed by atoms with E-state index in [-0.39, 0.29) is 5.91 Å². The summed E-state index contributed by atoms with van der Waals surface area (Å²) in [6.07, 6.45) is 0. The molecule has 2 aromatic rings. The van der Waals surface area contributed by atoms with Crippen LogP contribution in [0.2, 0.25) is 0 Å². The van der Waals surface area contributed by atoms with Crippen molar-refractivity contribution in [2.45, 2.75) is 19.9 Å². The average Bonchev–Trinajstić information content (AvgIpc) is 2.81. The maximum Gasteiger partial charge on any atom is 0.280 e. The standard InChI is InChI=1S/C17H16N4O/c1-12-7-6-8-14(11-12)18-19-16-13(2)20-21(17(16)22)15-9-4-3-5-10-15/h3-11,16H,1-2H3. The van der Waals surface area contributed by atoms with Gasteiger partial charge in [-0.25, -0.2) is 0 Å². The predicted octanol–water partition coefficient (Wildman–Crippen LogP) is 3.87. The van der Waals surface area contributed by atoms with Gasteiger partial charge in [-0.3, -0.25) is 4.79 Å². The van der Waals surface area contributed by atoms with Crippen LogP contribution in [0.1, 0.15) is 12.5 Å². The maximum atomic E-state index is 12.5. The third kappa shape index (κ3) is 2.79. The molecule has 1 heterocycles. The first-order valence-corrected chi connectivity index (χ1v) is 7.07. The number of azo groups is 1. The van der Waals surface area contributed by atoms with Gasteiger partial charge in [-0.05, 0) is 43.7 Å². The van der Waals surface area contributed by atoms with E-state index < -0.39 is 6.04 Å². The number of carbonyl (C=O) groups is 1. The first kappa shape index (κ1) is 14.1. The molecular weight excluding hydrogens is 276 g/mol. The number of hydrogen-bond donors (Lipinski definition) is 0. The van der Waals surface area contributed by atoms with Crippen LogP contribution in [0, 0.1) is 6.92 Å². The molecule has 0 aliphatic carbocycles. The molecule has 110 valence electrons. The molecule has 3 rings (SSSR count). The Bertz CT molecular complexity index is 752. The van der Waals surface area contributed by atoms with E-state index in [1.165, 1.54) is 5.01 Å². The van der Waals surface area contributed by atoms with Gasteiger partial charge in [0.2, 0.25) is 0 Å². The molecule has 0 aromatic heterocycles. The molecule has 5 heteroatoms. The summed E-state index contributed by atoms with van der Waals surface area (Å²) in [6.45, 7) is 3.78. The molecule has 1 aliphatic heterocycles. The Kier molecular flexibility index (Phi) is 3.78. The molecule has 1 aliphatic rings.